The third-order valence-electron chi connectivity index (χ3n) is 2.77. The van der Waals surface area contributed by atoms with E-state index in [4.69, 9.17) is 4.74 Å². The quantitative estimate of drug-likeness (QED) is 0.851. The molecule has 106 valence electrons. The predicted octanol–water partition coefficient (Wildman–Crippen LogP) is 1.02. The lowest BCUT2D eigenvalue weighted by Gasteiger charge is -2.27. The van der Waals surface area contributed by atoms with Crippen molar-refractivity contribution in [3.8, 4) is 5.75 Å². The van der Waals surface area contributed by atoms with Crippen molar-refractivity contribution in [3.63, 3.8) is 0 Å². The number of rotatable bonds is 4. The third kappa shape index (κ3) is 3.82. The first-order valence-corrected chi connectivity index (χ1v) is 8.08. The zero-order valence-corrected chi connectivity index (χ0v) is 12.9. The van der Waals surface area contributed by atoms with E-state index in [0.717, 1.165) is 4.47 Å². The first kappa shape index (κ1) is 14.6. The van der Waals surface area contributed by atoms with Crippen molar-refractivity contribution < 1.29 is 13.2 Å². The molecule has 0 unspecified atom stereocenters. The van der Waals surface area contributed by atoms with Gasteiger partial charge in [0.2, 0.25) is 0 Å². The van der Waals surface area contributed by atoms with Crippen LogP contribution in [-0.4, -0.2) is 46.0 Å². The molecule has 1 aromatic rings. The number of anilines is 1. The summed E-state index contributed by atoms with van der Waals surface area (Å²) in [4.78, 5) is 0. The molecule has 1 heterocycles. The van der Waals surface area contributed by atoms with Crippen LogP contribution in [0.1, 0.15) is 0 Å². The second-order valence-electron chi connectivity index (χ2n) is 4.14. The molecule has 1 saturated heterocycles. The SMILES string of the molecule is COc1cc(Br)cc(NS(=O)(=O)N2CCNCC2)c1. The van der Waals surface area contributed by atoms with Crippen LogP contribution in [0.25, 0.3) is 0 Å². The van der Waals surface area contributed by atoms with Crippen molar-refractivity contribution in [1.29, 1.82) is 0 Å². The van der Waals surface area contributed by atoms with Gasteiger partial charge in [-0.2, -0.15) is 12.7 Å². The summed E-state index contributed by atoms with van der Waals surface area (Å²) in [7, 11) is -1.97. The maximum atomic E-state index is 12.2. The highest BCUT2D eigenvalue weighted by Crippen LogP contribution is 2.25. The highest BCUT2D eigenvalue weighted by Gasteiger charge is 2.23. The van der Waals surface area contributed by atoms with Gasteiger partial charge in [0.15, 0.2) is 0 Å². The molecule has 2 rings (SSSR count). The molecule has 0 amide bonds. The van der Waals surface area contributed by atoms with E-state index in [0.29, 0.717) is 37.6 Å². The first-order chi connectivity index (χ1) is 9.01. The number of methoxy groups -OCH3 is 1. The van der Waals surface area contributed by atoms with E-state index in [1.165, 1.54) is 11.4 Å². The monoisotopic (exact) mass is 349 g/mol. The molecular formula is C11H16BrN3O3S. The van der Waals surface area contributed by atoms with Crippen molar-refractivity contribution in [2.75, 3.05) is 38.0 Å². The minimum Gasteiger partial charge on any atom is -0.497 e. The number of nitrogens with zero attached hydrogens (tertiary/aromatic N) is 1. The lowest BCUT2D eigenvalue weighted by Crippen LogP contribution is -2.48. The Hall–Kier alpha value is -0.830. The standard InChI is InChI=1S/C11H16BrN3O3S/c1-18-11-7-9(12)6-10(8-11)14-19(16,17)15-4-2-13-3-5-15/h6-8,13-14H,2-5H2,1H3. The molecule has 1 fully saturated rings. The number of nitrogens with one attached hydrogen (secondary N) is 2. The molecule has 6 nitrogen and oxygen atoms in total. The van der Waals surface area contributed by atoms with Crippen molar-refractivity contribution in [2.24, 2.45) is 0 Å². The maximum Gasteiger partial charge on any atom is 0.301 e. The Balaban J connectivity index is 2.17. The van der Waals surface area contributed by atoms with Crippen molar-refractivity contribution in [2.45, 2.75) is 0 Å². The Morgan fingerprint density at radius 1 is 1.32 bits per heavy atom. The van der Waals surface area contributed by atoms with E-state index in [2.05, 4.69) is 26.0 Å². The summed E-state index contributed by atoms with van der Waals surface area (Å²) >= 11 is 3.32. The van der Waals surface area contributed by atoms with Gasteiger partial charge in [-0.05, 0) is 12.1 Å². The number of halogens is 1. The number of benzene rings is 1. The summed E-state index contributed by atoms with van der Waals surface area (Å²) in [6, 6.07) is 5.11. The van der Waals surface area contributed by atoms with E-state index >= 15 is 0 Å². The molecule has 0 radical (unpaired) electrons. The summed E-state index contributed by atoms with van der Waals surface area (Å²) in [6.45, 7) is 2.28. The molecule has 1 aliphatic heterocycles. The predicted molar refractivity (Wildman–Crippen MR) is 77.7 cm³/mol. The van der Waals surface area contributed by atoms with Gasteiger partial charge >= 0.3 is 10.2 Å². The Morgan fingerprint density at radius 2 is 2.00 bits per heavy atom. The molecule has 0 spiro atoms. The van der Waals surface area contributed by atoms with Crippen LogP contribution in [0, 0.1) is 0 Å². The number of hydrogen-bond acceptors (Lipinski definition) is 4. The smallest absolute Gasteiger partial charge is 0.301 e. The minimum atomic E-state index is -3.51. The third-order valence-corrected chi connectivity index (χ3v) is 4.77. The molecule has 19 heavy (non-hydrogen) atoms. The van der Waals surface area contributed by atoms with E-state index in [1.807, 2.05) is 0 Å². The van der Waals surface area contributed by atoms with Gasteiger partial charge in [-0.15, -0.1) is 0 Å². The highest BCUT2D eigenvalue weighted by atomic mass is 79.9. The van der Waals surface area contributed by atoms with Gasteiger partial charge in [0, 0.05) is 36.7 Å². The van der Waals surface area contributed by atoms with Gasteiger partial charge < -0.3 is 10.1 Å². The fraction of sp³-hybridized carbons (Fsp3) is 0.455. The minimum absolute atomic E-state index is 0.473. The van der Waals surface area contributed by atoms with E-state index < -0.39 is 10.2 Å². The summed E-state index contributed by atoms with van der Waals surface area (Å²) in [5, 5.41) is 3.12. The van der Waals surface area contributed by atoms with Gasteiger partial charge in [0.25, 0.3) is 0 Å². The van der Waals surface area contributed by atoms with Crippen LogP contribution in [0.4, 0.5) is 5.69 Å². The van der Waals surface area contributed by atoms with Gasteiger partial charge in [0.05, 0.1) is 12.8 Å². The van der Waals surface area contributed by atoms with Gasteiger partial charge in [-0.3, -0.25) is 4.72 Å². The molecular weight excluding hydrogens is 334 g/mol. The van der Waals surface area contributed by atoms with Crippen LogP contribution in [0.5, 0.6) is 5.75 Å². The summed E-state index contributed by atoms with van der Waals surface area (Å²) in [6.07, 6.45) is 0. The number of ether oxygens (including phenoxy) is 1. The number of hydrogen-bond donors (Lipinski definition) is 2. The topological polar surface area (TPSA) is 70.7 Å². The second-order valence-corrected chi connectivity index (χ2v) is 6.72. The fourth-order valence-electron chi connectivity index (χ4n) is 1.84. The summed E-state index contributed by atoms with van der Waals surface area (Å²) < 4.78 is 34.2. The van der Waals surface area contributed by atoms with Gasteiger partial charge in [0.1, 0.15) is 5.75 Å². The zero-order chi connectivity index (χ0) is 13.9. The van der Waals surface area contributed by atoms with Crippen LogP contribution in [-0.2, 0) is 10.2 Å². The normalized spacial score (nSPS) is 17.2. The average Bonchev–Trinajstić information content (AvgIpc) is 2.38. The summed E-state index contributed by atoms with van der Waals surface area (Å²) in [5.74, 6) is 0.590. The Kier molecular flexibility index (Phi) is 4.67. The van der Waals surface area contributed by atoms with Gasteiger partial charge in [-0.1, -0.05) is 15.9 Å². The zero-order valence-electron chi connectivity index (χ0n) is 10.5. The van der Waals surface area contributed by atoms with Crippen LogP contribution in [0.15, 0.2) is 22.7 Å². The first-order valence-electron chi connectivity index (χ1n) is 5.84. The Morgan fingerprint density at radius 3 is 2.63 bits per heavy atom. The molecule has 2 N–H and O–H groups in total. The number of piperazine rings is 1. The van der Waals surface area contributed by atoms with E-state index in [1.54, 1.807) is 18.2 Å². The van der Waals surface area contributed by atoms with Crippen molar-refractivity contribution in [3.05, 3.63) is 22.7 Å². The second kappa shape index (κ2) is 6.08. The highest BCUT2D eigenvalue weighted by molar-refractivity contribution is 9.10. The molecule has 0 aliphatic carbocycles. The van der Waals surface area contributed by atoms with Crippen LogP contribution in [0.3, 0.4) is 0 Å². The Bertz CT molecular complexity index is 544. The molecule has 1 aliphatic rings. The lowest BCUT2D eigenvalue weighted by atomic mass is 10.3. The molecule has 1 aromatic carbocycles. The average molecular weight is 350 g/mol. The van der Waals surface area contributed by atoms with Crippen LogP contribution < -0.4 is 14.8 Å². The van der Waals surface area contributed by atoms with Crippen LogP contribution >= 0.6 is 15.9 Å². The molecule has 0 bridgehead atoms. The largest absolute Gasteiger partial charge is 0.497 e. The fourth-order valence-corrected chi connectivity index (χ4v) is 3.52. The molecule has 0 aromatic heterocycles. The van der Waals surface area contributed by atoms with Crippen LogP contribution in [0.2, 0.25) is 0 Å². The lowest BCUT2D eigenvalue weighted by molar-refractivity contribution is 0.362. The summed E-state index contributed by atoms with van der Waals surface area (Å²) in [5.41, 5.74) is 0.477. The van der Waals surface area contributed by atoms with Crippen molar-refractivity contribution >= 4 is 31.8 Å². The van der Waals surface area contributed by atoms with E-state index in [-0.39, 0.29) is 0 Å². The van der Waals surface area contributed by atoms with E-state index in [9.17, 15) is 8.42 Å². The van der Waals surface area contributed by atoms with Gasteiger partial charge in [-0.25, -0.2) is 0 Å². The molecule has 0 saturated carbocycles. The Labute approximate surface area is 121 Å². The molecule has 0 atom stereocenters. The van der Waals surface area contributed by atoms with Crippen molar-refractivity contribution in [1.82, 2.24) is 9.62 Å². The molecule has 8 heteroatoms. The maximum absolute atomic E-state index is 12.2.